The van der Waals surface area contributed by atoms with Crippen LogP contribution in [0.25, 0.3) is 0 Å². The Balaban J connectivity index is 0. The lowest BCUT2D eigenvalue weighted by Gasteiger charge is -2.19. The van der Waals surface area contributed by atoms with Crippen molar-refractivity contribution in [3.63, 3.8) is 0 Å². The van der Waals surface area contributed by atoms with Crippen LogP contribution >= 0.6 is 0 Å². The molecule has 0 bridgehead atoms. The molecule has 0 aliphatic carbocycles. The summed E-state index contributed by atoms with van der Waals surface area (Å²) in [6.07, 6.45) is 31.8. The minimum atomic E-state index is -2.78. The zero-order valence-corrected chi connectivity index (χ0v) is 29.1. The lowest BCUT2D eigenvalue weighted by molar-refractivity contribution is -0.174. The number of carbonyl (C=O) groups excluding carboxylic acids is 2. The average Bonchev–Trinajstić information content (AvgIpc) is 2.96. The lowest BCUT2D eigenvalue weighted by atomic mass is 9.96. The molecule has 266 valence electrons. The number of hydrogen-bond donors (Lipinski definition) is 3. The summed E-state index contributed by atoms with van der Waals surface area (Å²) in [5.74, 6) is -5.76. The predicted molar refractivity (Wildman–Crippen MR) is 179 cm³/mol. The number of aliphatic hydroxyl groups is 1. The molecule has 0 heterocycles. The highest BCUT2D eigenvalue weighted by atomic mass is 16.6. The Morgan fingerprint density at radius 3 is 1.09 bits per heavy atom. The second-order valence-corrected chi connectivity index (χ2v) is 12.4. The van der Waals surface area contributed by atoms with Gasteiger partial charge in [-0.3, -0.25) is 14.4 Å². The van der Waals surface area contributed by atoms with Crippen LogP contribution in [0.3, 0.4) is 0 Å². The SMILES string of the molecule is CC(=O)OC(=O)CC(O)(CC(=O)O)C(=O)O.CCCCCCCCCCCCCCOCCCCCCCCCCCCCC. The topological polar surface area (TPSA) is 147 Å². The molecule has 0 amide bonds. The first kappa shape index (κ1) is 45.1. The predicted octanol–water partition coefficient (Wildman–Crippen LogP) is 9.16. The van der Waals surface area contributed by atoms with Gasteiger partial charge in [-0.25, -0.2) is 4.79 Å². The third-order valence-electron chi connectivity index (χ3n) is 7.82. The molecule has 0 rings (SSSR count). The molecule has 0 aliphatic heterocycles. The lowest BCUT2D eigenvalue weighted by Crippen LogP contribution is -2.43. The molecule has 45 heavy (non-hydrogen) atoms. The Morgan fingerprint density at radius 2 is 0.822 bits per heavy atom. The molecule has 3 N–H and O–H groups in total. The van der Waals surface area contributed by atoms with Gasteiger partial charge >= 0.3 is 23.9 Å². The third kappa shape index (κ3) is 34.7. The van der Waals surface area contributed by atoms with Gasteiger partial charge in [-0.1, -0.05) is 155 Å². The van der Waals surface area contributed by atoms with Crippen molar-refractivity contribution in [3.8, 4) is 0 Å². The van der Waals surface area contributed by atoms with Gasteiger partial charge in [-0.05, 0) is 12.8 Å². The van der Waals surface area contributed by atoms with Gasteiger partial charge in [0.25, 0.3) is 0 Å². The summed E-state index contributed by atoms with van der Waals surface area (Å²) < 4.78 is 9.80. The smallest absolute Gasteiger partial charge is 0.336 e. The number of aliphatic carboxylic acids is 2. The van der Waals surface area contributed by atoms with E-state index in [1.165, 1.54) is 154 Å². The number of carboxylic acid groups (broad SMARTS) is 2. The number of ether oxygens (including phenoxy) is 2. The van der Waals surface area contributed by atoms with E-state index >= 15 is 0 Å². The fraction of sp³-hybridized carbons (Fsp3) is 0.889. The van der Waals surface area contributed by atoms with E-state index in [1.807, 2.05) is 0 Å². The van der Waals surface area contributed by atoms with E-state index in [0.29, 0.717) is 0 Å². The highest BCUT2D eigenvalue weighted by molar-refractivity contribution is 5.91. The van der Waals surface area contributed by atoms with Crippen LogP contribution in [0.2, 0.25) is 0 Å². The first-order valence-corrected chi connectivity index (χ1v) is 18.1. The number of carboxylic acids is 2. The van der Waals surface area contributed by atoms with Crippen LogP contribution in [-0.4, -0.2) is 58.0 Å². The summed E-state index contributed by atoms with van der Waals surface area (Å²) in [6.45, 7) is 7.49. The Kier molecular flexibility index (Phi) is 33.5. The van der Waals surface area contributed by atoms with Gasteiger partial charge in [-0.2, -0.15) is 0 Å². The molecular weight excluding hydrogens is 576 g/mol. The number of esters is 2. The standard InChI is InChI=1S/C28H58O.C8H10O8/c1-3-5-7-9-11-13-15-17-19-21-23-25-27-29-28-26-24-22-20-18-16-14-12-10-8-6-4-2;1-4(9)16-6(12)3-8(15,7(13)14)2-5(10)11/h3-28H2,1-2H3;15H,2-3H2,1H3,(H,10,11)(H,13,14). The maximum absolute atomic E-state index is 10.9. The summed E-state index contributed by atoms with van der Waals surface area (Å²) in [5, 5.41) is 26.3. The molecule has 9 nitrogen and oxygen atoms in total. The highest BCUT2D eigenvalue weighted by Gasteiger charge is 2.41. The van der Waals surface area contributed by atoms with Gasteiger partial charge in [0.15, 0.2) is 5.60 Å². The minimum Gasteiger partial charge on any atom is -0.481 e. The molecular formula is C36H68O9. The van der Waals surface area contributed by atoms with Crippen molar-refractivity contribution < 1.29 is 44.0 Å². The summed E-state index contributed by atoms with van der Waals surface area (Å²) in [4.78, 5) is 42.1. The van der Waals surface area contributed by atoms with E-state index in [0.717, 1.165) is 20.1 Å². The van der Waals surface area contributed by atoms with Crippen molar-refractivity contribution in [1.29, 1.82) is 0 Å². The Hall–Kier alpha value is -2.00. The van der Waals surface area contributed by atoms with Crippen LogP contribution in [0.1, 0.15) is 188 Å². The maximum atomic E-state index is 10.9. The van der Waals surface area contributed by atoms with E-state index in [4.69, 9.17) is 14.9 Å². The normalized spacial score (nSPS) is 12.2. The maximum Gasteiger partial charge on any atom is 0.336 e. The van der Waals surface area contributed by atoms with Crippen LogP contribution in [0, 0.1) is 0 Å². The van der Waals surface area contributed by atoms with Gasteiger partial charge < -0.3 is 24.8 Å². The number of unbranched alkanes of at least 4 members (excludes halogenated alkanes) is 22. The van der Waals surface area contributed by atoms with E-state index in [2.05, 4.69) is 18.6 Å². The van der Waals surface area contributed by atoms with Crippen molar-refractivity contribution in [3.05, 3.63) is 0 Å². The van der Waals surface area contributed by atoms with Crippen molar-refractivity contribution in [1.82, 2.24) is 0 Å². The molecule has 9 heteroatoms. The minimum absolute atomic E-state index is 0.912. The molecule has 1 unspecified atom stereocenters. The molecule has 0 aromatic carbocycles. The number of rotatable bonds is 31. The van der Waals surface area contributed by atoms with Gasteiger partial charge in [-0.15, -0.1) is 0 Å². The monoisotopic (exact) mass is 644 g/mol. The second-order valence-electron chi connectivity index (χ2n) is 12.4. The van der Waals surface area contributed by atoms with Crippen LogP contribution in [0.5, 0.6) is 0 Å². The van der Waals surface area contributed by atoms with Crippen LogP contribution in [0.15, 0.2) is 0 Å². The summed E-state index contributed by atoms with van der Waals surface area (Å²) in [5.41, 5.74) is -2.78. The highest BCUT2D eigenvalue weighted by Crippen LogP contribution is 2.17. The largest absolute Gasteiger partial charge is 0.481 e. The fourth-order valence-electron chi connectivity index (χ4n) is 5.09. The average molecular weight is 645 g/mol. The summed E-state index contributed by atoms with van der Waals surface area (Å²) in [7, 11) is 0. The zero-order chi connectivity index (χ0) is 34.0. The van der Waals surface area contributed by atoms with Crippen molar-refractivity contribution in [2.24, 2.45) is 0 Å². The summed E-state index contributed by atoms with van der Waals surface area (Å²) in [6, 6.07) is 0. The Morgan fingerprint density at radius 1 is 0.511 bits per heavy atom. The van der Waals surface area contributed by atoms with E-state index in [9.17, 15) is 24.3 Å². The van der Waals surface area contributed by atoms with Gasteiger partial charge in [0.2, 0.25) is 0 Å². The Labute approximate surface area is 274 Å². The Bertz CT molecular complexity index is 699. The van der Waals surface area contributed by atoms with Crippen LogP contribution in [0.4, 0.5) is 0 Å². The van der Waals surface area contributed by atoms with Crippen LogP contribution < -0.4 is 0 Å². The molecule has 0 saturated heterocycles. The fourth-order valence-corrected chi connectivity index (χ4v) is 5.09. The first-order valence-electron chi connectivity index (χ1n) is 18.1. The molecule has 1 atom stereocenters. The van der Waals surface area contributed by atoms with E-state index in [-0.39, 0.29) is 0 Å². The zero-order valence-electron chi connectivity index (χ0n) is 29.1. The van der Waals surface area contributed by atoms with Gasteiger partial charge in [0.1, 0.15) is 0 Å². The first-order chi connectivity index (χ1) is 21.6. The molecule has 0 aromatic rings. The van der Waals surface area contributed by atoms with Crippen molar-refractivity contribution in [2.45, 2.75) is 193 Å². The third-order valence-corrected chi connectivity index (χ3v) is 7.82. The van der Waals surface area contributed by atoms with Crippen LogP contribution in [-0.2, 0) is 28.7 Å². The molecule has 0 saturated carbocycles. The molecule has 0 fully saturated rings. The van der Waals surface area contributed by atoms with E-state index < -0.39 is 42.3 Å². The number of hydrogen-bond acceptors (Lipinski definition) is 7. The summed E-state index contributed by atoms with van der Waals surface area (Å²) >= 11 is 0. The van der Waals surface area contributed by atoms with Gasteiger partial charge in [0.05, 0.1) is 12.8 Å². The second kappa shape index (κ2) is 33.4. The quantitative estimate of drug-likeness (QED) is 0.0381. The van der Waals surface area contributed by atoms with Crippen molar-refractivity contribution >= 4 is 23.9 Å². The number of carbonyl (C=O) groups is 4. The molecule has 0 radical (unpaired) electrons. The van der Waals surface area contributed by atoms with Crippen molar-refractivity contribution in [2.75, 3.05) is 13.2 Å². The molecule has 0 aromatic heterocycles. The molecule has 0 spiro atoms. The van der Waals surface area contributed by atoms with Gasteiger partial charge in [0, 0.05) is 20.1 Å². The van der Waals surface area contributed by atoms with E-state index in [1.54, 1.807) is 0 Å². The molecule has 0 aliphatic rings.